The molecule has 2 aromatic rings. The molecule has 0 aliphatic carbocycles. The quantitative estimate of drug-likeness (QED) is 0.936. The van der Waals surface area contributed by atoms with Gasteiger partial charge in [-0.25, -0.2) is 0 Å². The predicted octanol–water partition coefficient (Wildman–Crippen LogP) is 2.64. The molecule has 1 aliphatic rings. The summed E-state index contributed by atoms with van der Waals surface area (Å²) in [6, 6.07) is 5.86. The molecule has 2 heterocycles. The molecule has 0 bridgehead atoms. The molecule has 24 heavy (non-hydrogen) atoms. The Morgan fingerprint density at radius 2 is 2.17 bits per heavy atom. The highest BCUT2D eigenvalue weighted by molar-refractivity contribution is 6.03. The zero-order chi connectivity index (χ0) is 17.3. The van der Waals surface area contributed by atoms with Gasteiger partial charge in [0, 0.05) is 13.6 Å². The molecule has 1 aromatic heterocycles. The molecule has 0 saturated carbocycles. The van der Waals surface area contributed by atoms with Crippen molar-refractivity contribution in [3.63, 3.8) is 0 Å². The van der Waals surface area contributed by atoms with Gasteiger partial charge in [-0.05, 0) is 52.4 Å². The van der Waals surface area contributed by atoms with Crippen LogP contribution in [0.25, 0.3) is 10.9 Å². The van der Waals surface area contributed by atoms with Gasteiger partial charge in [-0.1, -0.05) is 6.07 Å². The number of anilines is 1. The fourth-order valence-corrected chi connectivity index (χ4v) is 3.32. The third kappa shape index (κ3) is 3.38. The standard InChI is InChI=1S/C18H26N4O2/c1-12(2)24-15-9-5-8-14-16(15)17(20-22(14)4)19-18(23)13-7-6-10-21(3)11-13/h5,8-9,12-13H,6-7,10-11H2,1-4H3,(H,19,20,23)/t13-/m1/s1. The van der Waals surface area contributed by atoms with E-state index >= 15 is 0 Å². The number of nitrogens with zero attached hydrogens (tertiary/aromatic N) is 3. The van der Waals surface area contributed by atoms with Crippen LogP contribution in [0.3, 0.4) is 0 Å². The Balaban J connectivity index is 1.90. The minimum absolute atomic E-state index is 0.0129. The van der Waals surface area contributed by atoms with Gasteiger partial charge in [0.25, 0.3) is 0 Å². The van der Waals surface area contributed by atoms with Crippen LogP contribution >= 0.6 is 0 Å². The number of hydrogen-bond acceptors (Lipinski definition) is 4. The summed E-state index contributed by atoms with van der Waals surface area (Å²) in [5.41, 5.74) is 0.948. The van der Waals surface area contributed by atoms with E-state index in [4.69, 9.17) is 4.74 Å². The Kier molecular flexibility index (Phi) is 4.76. The number of nitrogens with one attached hydrogen (secondary N) is 1. The van der Waals surface area contributed by atoms with Gasteiger partial charge in [-0.3, -0.25) is 9.48 Å². The van der Waals surface area contributed by atoms with Gasteiger partial charge in [-0.15, -0.1) is 0 Å². The van der Waals surface area contributed by atoms with E-state index in [0.29, 0.717) is 5.82 Å². The van der Waals surface area contributed by atoms with Gasteiger partial charge in [-0.2, -0.15) is 5.10 Å². The first-order valence-electron chi connectivity index (χ1n) is 8.57. The molecular formula is C18H26N4O2. The molecule has 0 unspecified atom stereocenters. The second kappa shape index (κ2) is 6.81. The van der Waals surface area contributed by atoms with Crippen molar-refractivity contribution in [1.29, 1.82) is 0 Å². The molecule has 6 heteroatoms. The molecule has 1 N–H and O–H groups in total. The Labute approximate surface area is 142 Å². The van der Waals surface area contributed by atoms with Crippen LogP contribution in [0.4, 0.5) is 5.82 Å². The lowest BCUT2D eigenvalue weighted by atomic mass is 9.97. The number of amides is 1. The molecule has 1 amide bonds. The van der Waals surface area contributed by atoms with Gasteiger partial charge in [0.15, 0.2) is 5.82 Å². The van der Waals surface area contributed by atoms with Gasteiger partial charge in [0.2, 0.25) is 5.91 Å². The van der Waals surface area contributed by atoms with Crippen molar-refractivity contribution < 1.29 is 9.53 Å². The largest absolute Gasteiger partial charge is 0.490 e. The molecule has 130 valence electrons. The van der Waals surface area contributed by atoms with E-state index in [9.17, 15) is 4.79 Å². The van der Waals surface area contributed by atoms with Gasteiger partial charge >= 0.3 is 0 Å². The lowest BCUT2D eigenvalue weighted by molar-refractivity contribution is -0.121. The van der Waals surface area contributed by atoms with Crippen molar-refractivity contribution in [2.75, 3.05) is 25.5 Å². The molecule has 3 rings (SSSR count). The molecule has 1 aliphatic heterocycles. The third-order valence-electron chi connectivity index (χ3n) is 4.44. The molecule has 1 atom stereocenters. The van der Waals surface area contributed by atoms with E-state index in [-0.39, 0.29) is 17.9 Å². The summed E-state index contributed by atoms with van der Waals surface area (Å²) in [6.45, 7) is 5.84. The Morgan fingerprint density at radius 3 is 2.88 bits per heavy atom. The number of rotatable bonds is 4. The fraction of sp³-hybridized carbons (Fsp3) is 0.556. The zero-order valence-corrected chi connectivity index (χ0v) is 14.9. The molecule has 0 radical (unpaired) electrons. The van der Waals surface area contributed by atoms with E-state index in [1.807, 2.05) is 39.1 Å². The minimum Gasteiger partial charge on any atom is -0.490 e. The monoisotopic (exact) mass is 330 g/mol. The lowest BCUT2D eigenvalue weighted by Crippen LogP contribution is -2.38. The van der Waals surface area contributed by atoms with Crippen LogP contribution in [0.1, 0.15) is 26.7 Å². The lowest BCUT2D eigenvalue weighted by Gasteiger charge is -2.28. The Bertz CT molecular complexity index is 738. The van der Waals surface area contributed by atoms with Crippen LogP contribution in [0.2, 0.25) is 0 Å². The Morgan fingerprint density at radius 1 is 1.38 bits per heavy atom. The van der Waals surface area contributed by atoms with Crippen molar-refractivity contribution in [2.45, 2.75) is 32.8 Å². The summed E-state index contributed by atoms with van der Waals surface area (Å²) in [4.78, 5) is 14.9. The van der Waals surface area contributed by atoms with Crippen LogP contribution in [-0.2, 0) is 11.8 Å². The van der Waals surface area contributed by atoms with E-state index in [1.165, 1.54) is 0 Å². The number of ether oxygens (including phenoxy) is 1. The smallest absolute Gasteiger partial charge is 0.229 e. The maximum Gasteiger partial charge on any atom is 0.229 e. The van der Waals surface area contributed by atoms with Gasteiger partial charge in [0.05, 0.1) is 22.9 Å². The number of aryl methyl sites for hydroxylation is 1. The van der Waals surface area contributed by atoms with Crippen molar-refractivity contribution in [3.05, 3.63) is 18.2 Å². The number of hydrogen-bond donors (Lipinski definition) is 1. The molecule has 1 aromatic carbocycles. The number of aromatic nitrogens is 2. The van der Waals surface area contributed by atoms with Crippen molar-refractivity contribution in [1.82, 2.24) is 14.7 Å². The maximum atomic E-state index is 12.7. The average Bonchev–Trinajstić information content (AvgIpc) is 2.84. The van der Waals surface area contributed by atoms with Crippen LogP contribution in [-0.4, -0.2) is 46.8 Å². The van der Waals surface area contributed by atoms with Crippen LogP contribution in [0.5, 0.6) is 5.75 Å². The number of benzene rings is 1. The predicted molar refractivity (Wildman–Crippen MR) is 95.3 cm³/mol. The highest BCUT2D eigenvalue weighted by atomic mass is 16.5. The van der Waals surface area contributed by atoms with Gasteiger partial charge < -0.3 is 15.0 Å². The summed E-state index contributed by atoms with van der Waals surface area (Å²) in [5, 5.41) is 8.40. The first-order chi connectivity index (χ1) is 11.5. The second-order valence-corrected chi connectivity index (χ2v) is 6.88. The third-order valence-corrected chi connectivity index (χ3v) is 4.44. The summed E-state index contributed by atoms with van der Waals surface area (Å²) in [5.74, 6) is 1.40. The normalized spacial score (nSPS) is 19.0. The molecule has 6 nitrogen and oxygen atoms in total. The summed E-state index contributed by atoms with van der Waals surface area (Å²) < 4.78 is 7.70. The second-order valence-electron chi connectivity index (χ2n) is 6.88. The summed E-state index contributed by atoms with van der Waals surface area (Å²) in [6.07, 6.45) is 2.04. The Hall–Kier alpha value is -2.08. The van der Waals surface area contributed by atoms with E-state index < -0.39 is 0 Å². The van der Waals surface area contributed by atoms with E-state index in [0.717, 1.165) is 42.6 Å². The first-order valence-corrected chi connectivity index (χ1v) is 8.57. The SMILES string of the molecule is CC(C)Oc1cccc2c1c(NC(=O)[C@@H]1CCCN(C)C1)nn2C. The number of carbonyl (C=O) groups excluding carboxylic acids is 1. The van der Waals surface area contributed by atoms with E-state index in [1.54, 1.807) is 4.68 Å². The topological polar surface area (TPSA) is 59.4 Å². The molecule has 1 saturated heterocycles. The first kappa shape index (κ1) is 16.8. The average molecular weight is 330 g/mol. The number of fused-ring (bicyclic) bond motifs is 1. The number of likely N-dealkylation sites (tertiary alicyclic amines) is 1. The van der Waals surface area contributed by atoms with Crippen molar-refractivity contribution in [2.24, 2.45) is 13.0 Å². The number of carbonyl (C=O) groups is 1. The highest BCUT2D eigenvalue weighted by Gasteiger charge is 2.26. The number of piperidine rings is 1. The van der Waals surface area contributed by atoms with Crippen LogP contribution < -0.4 is 10.1 Å². The highest BCUT2D eigenvalue weighted by Crippen LogP contribution is 2.33. The zero-order valence-electron chi connectivity index (χ0n) is 14.9. The minimum atomic E-state index is 0.0129. The van der Waals surface area contributed by atoms with Crippen LogP contribution in [0, 0.1) is 5.92 Å². The maximum absolute atomic E-state index is 12.7. The van der Waals surface area contributed by atoms with Crippen LogP contribution in [0.15, 0.2) is 18.2 Å². The van der Waals surface area contributed by atoms with E-state index in [2.05, 4.69) is 22.4 Å². The van der Waals surface area contributed by atoms with Crippen molar-refractivity contribution >= 4 is 22.6 Å². The molecule has 0 spiro atoms. The van der Waals surface area contributed by atoms with Crippen molar-refractivity contribution in [3.8, 4) is 5.75 Å². The molecular weight excluding hydrogens is 304 g/mol. The summed E-state index contributed by atoms with van der Waals surface area (Å²) >= 11 is 0. The summed E-state index contributed by atoms with van der Waals surface area (Å²) in [7, 11) is 3.94. The fourth-order valence-electron chi connectivity index (χ4n) is 3.32. The molecule has 1 fully saturated rings. The van der Waals surface area contributed by atoms with Gasteiger partial charge in [0.1, 0.15) is 5.75 Å².